The van der Waals surface area contributed by atoms with Crippen molar-refractivity contribution >= 4 is 17.3 Å². The minimum Gasteiger partial charge on any atom is -0.493 e. The third-order valence-electron chi connectivity index (χ3n) is 2.64. The van der Waals surface area contributed by atoms with Gasteiger partial charge in [0.1, 0.15) is 17.2 Å². The molecule has 0 saturated carbocycles. The lowest BCUT2D eigenvalue weighted by Crippen LogP contribution is -1.97. The molecule has 1 heterocycles. The molecule has 0 unspecified atom stereocenters. The number of thiophene rings is 1. The average Bonchev–Trinajstić information content (AvgIpc) is 2.94. The molecule has 5 nitrogen and oxygen atoms in total. The van der Waals surface area contributed by atoms with E-state index in [9.17, 15) is 4.79 Å². The first-order chi connectivity index (χ1) is 9.63. The largest absolute Gasteiger partial charge is 0.493 e. The average molecular weight is 294 g/mol. The fourth-order valence-corrected chi connectivity index (χ4v) is 2.31. The van der Waals surface area contributed by atoms with Crippen LogP contribution in [-0.2, 0) is 6.61 Å². The van der Waals surface area contributed by atoms with Gasteiger partial charge in [-0.3, -0.25) is 0 Å². The summed E-state index contributed by atoms with van der Waals surface area (Å²) in [6.45, 7) is 0.330. The Morgan fingerprint density at radius 3 is 2.55 bits per heavy atom. The van der Waals surface area contributed by atoms with Crippen LogP contribution in [0, 0.1) is 0 Å². The normalized spacial score (nSPS) is 10.1. The highest BCUT2D eigenvalue weighted by molar-refractivity contribution is 7.12. The molecule has 0 aliphatic heterocycles. The van der Waals surface area contributed by atoms with Gasteiger partial charge in [0.25, 0.3) is 0 Å². The number of carboxylic acids is 1. The second-order valence-corrected chi connectivity index (χ2v) is 4.84. The molecule has 0 aliphatic carbocycles. The van der Waals surface area contributed by atoms with E-state index in [0.29, 0.717) is 23.9 Å². The van der Waals surface area contributed by atoms with Gasteiger partial charge < -0.3 is 19.3 Å². The maximum atomic E-state index is 10.8. The van der Waals surface area contributed by atoms with Crippen LogP contribution in [-0.4, -0.2) is 25.3 Å². The van der Waals surface area contributed by atoms with E-state index in [1.165, 1.54) is 6.07 Å². The molecule has 1 aromatic carbocycles. The summed E-state index contributed by atoms with van der Waals surface area (Å²) in [7, 11) is 3.15. The van der Waals surface area contributed by atoms with E-state index in [4.69, 9.17) is 19.3 Å². The maximum Gasteiger partial charge on any atom is 0.346 e. The van der Waals surface area contributed by atoms with Crippen LogP contribution in [0.1, 0.15) is 15.2 Å². The van der Waals surface area contributed by atoms with E-state index in [-0.39, 0.29) is 4.88 Å². The Labute approximate surface area is 120 Å². The highest BCUT2D eigenvalue weighted by Gasteiger charge is 2.09. The van der Waals surface area contributed by atoms with Crippen LogP contribution < -0.4 is 14.2 Å². The number of benzene rings is 1. The fraction of sp³-hybridized carbons (Fsp3) is 0.214. The summed E-state index contributed by atoms with van der Waals surface area (Å²) >= 11 is 1.14. The van der Waals surface area contributed by atoms with Gasteiger partial charge in [-0.15, -0.1) is 11.3 Å². The molecule has 0 spiro atoms. The van der Waals surface area contributed by atoms with Crippen molar-refractivity contribution in [2.24, 2.45) is 0 Å². The molecule has 2 rings (SSSR count). The number of ether oxygens (including phenoxy) is 3. The Bertz CT molecular complexity index is 605. The lowest BCUT2D eigenvalue weighted by atomic mass is 10.2. The molecular formula is C14H14O5S. The van der Waals surface area contributed by atoms with Gasteiger partial charge in [0.15, 0.2) is 11.5 Å². The van der Waals surface area contributed by atoms with Gasteiger partial charge in [-0.2, -0.15) is 0 Å². The highest BCUT2D eigenvalue weighted by atomic mass is 32.1. The summed E-state index contributed by atoms with van der Waals surface area (Å²) in [5, 5.41) is 10.5. The van der Waals surface area contributed by atoms with Crippen LogP contribution in [0.25, 0.3) is 0 Å². The number of aromatic carboxylic acids is 1. The first-order valence-electron chi connectivity index (χ1n) is 5.79. The second-order valence-electron chi connectivity index (χ2n) is 3.93. The zero-order valence-electron chi connectivity index (χ0n) is 11.1. The molecule has 0 saturated heterocycles. The van der Waals surface area contributed by atoms with Gasteiger partial charge in [0.05, 0.1) is 14.2 Å². The number of carboxylic acid groups (broad SMARTS) is 1. The van der Waals surface area contributed by atoms with Crippen molar-refractivity contribution in [2.45, 2.75) is 6.61 Å². The summed E-state index contributed by atoms with van der Waals surface area (Å²) < 4.78 is 15.9. The van der Waals surface area contributed by atoms with Crippen molar-refractivity contribution in [1.29, 1.82) is 0 Å². The van der Waals surface area contributed by atoms with Gasteiger partial charge in [0, 0.05) is 11.4 Å². The minimum absolute atomic E-state index is 0.257. The summed E-state index contributed by atoms with van der Waals surface area (Å²) in [6.07, 6.45) is 0. The number of carbonyl (C=O) groups is 1. The molecule has 20 heavy (non-hydrogen) atoms. The van der Waals surface area contributed by atoms with Gasteiger partial charge in [0.2, 0.25) is 0 Å². The SMILES string of the molecule is COc1ccc(COc2csc(C(=O)O)c2)cc1OC. The first-order valence-corrected chi connectivity index (χ1v) is 6.67. The topological polar surface area (TPSA) is 65.0 Å². The molecule has 2 aromatic rings. The molecule has 0 bridgehead atoms. The van der Waals surface area contributed by atoms with Crippen LogP contribution in [0.5, 0.6) is 17.2 Å². The lowest BCUT2D eigenvalue weighted by Gasteiger charge is -2.10. The molecule has 6 heteroatoms. The van der Waals surface area contributed by atoms with Crippen molar-refractivity contribution in [1.82, 2.24) is 0 Å². The van der Waals surface area contributed by atoms with Gasteiger partial charge >= 0.3 is 5.97 Å². The Morgan fingerprint density at radius 2 is 1.95 bits per heavy atom. The highest BCUT2D eigenvalue weighted by Crippen LogP contribution is 2.28. The summed E-state index contributed by atoms with van der Waals surface area (Å²) in [4.78, 5) is 11.0. The van der Waals surface area contributed by atoms with Crippen LogP contribution in [0.15, 0.2) is 29.6 Å². The summed E-state index contributed by atoms with van der Waals surface area (Å²) in [6, 6.07) is 7.00. The Hall–Kier alpha value is -2.21. The molecule has 0 aliphatic rings. The predicted molar refractivity (Wildman–Crippen MR) is 75.2 cm³/mol. The van der Waals surface area contributed by atoms with Gasteiger partial charge in [-0.05, 0) is 17.7 Å². The standard InChI is InChI=1S/C14H14O5S/c1-17-11-4-3-9(5-12(11)18-2)7-19-10-6-13(14(15)16)20-8-10/h3-6,8H,7H2,1-2H3,(H,15,16). The Morgan fingerprint density at radius 1 is 1.20 bits per heavy atom. The zero-order valence-corrected chi connectivity index (χ0v) is 11.9. The first kappa shape index (κ1) is 14.2. The van der Waals surface area contributed by atoms with Gasteiger partial charge in [-0.25, -0.2) is 4.79 Å². The van der Waals surface area contributed by atoms with Crippen molar-refractivity contribution in [3.63, 3.8) is 0 Å². The minimum atomic E-state index is -0.948. The molecule has 0 amide bonds. The third kappa shape index (κ3) is 3.21. The fourth-order valence-electron chi connectivity index (χ4n) is 1.64. The van der Waals surface area contributed by atoms with Crippen LogP contribution in [0.2, 0.25) is 0 Å². The van der Waals surface area contributed by atoms with E-state index in [0.717, 1.165) is 16.9 Å². The van der Waals surface area contributed by atoms with E-state index >= 15 is 0 Å². The van der Waals surface area contributed by atoms with E-state index in [1.54, 1.807) is 25.7 Å². The predicted octanol–water partition coefficient (Wildman–Crippen LogP) is 3.04. The van der Waals surface area contributed by atoms with Crippen LogP contribution in [0.3, 0.4) is 0 Å². The van der Waals surface area contributed by atoms with E-state index < -0.39 is 5.97 Å². The van der Waals surface area contributed by atoms with Crippen LogP contribution in [0.4, 0.5) is 0 Å². The zero-order chi connectivity index (χ0) is 14.5. The maximum absolute atomic E-state index is 10.8. The molecule has 1 aromatic heterocycles. The summed E-state index contributed by atoms with van der Waals surface area (Å²) in [5.41, 5.74) is 0.908. The number of rotatable bonds is 6. The number of hydrogen-bond acceptors (Lipinski definition) is 5. The lowest BCUT2D eigenvalue weighted by molar-refractivity contribution is 0.0702. The third-order valence-corrected chi connectivity index (χ3v) is 3.54. The Kier molecular flexibility index (Phi) is 4.47. The second kappa shape index (κ2) is 6.29. The molecule has 0 fully saturated rings. The van der Waals surface area contributed by atoms with E-state index in [2.05, 4.69) is 0 Å². The Balaban J connectivity index is 2.04. The quantitative estimate of drug-likeness (QED) is 0.887. The smallest absolute Gasteiger partial charge is 0.346 e. The number of hydrogen-bond donors (Lipinski definition) is 1. The molecular weight excluding hydrogens is 280 g/mol. The van der Waals surface area contributed by atoms with Crippen molar-refractivity contribution in [2.75, 3.05) is 14.2 Å². The van der Waals surface area contributed by atoms with Crippen molar-refractivity contribution in [3.8, 4) is 17.2 Å². The molecule has 0 atom stereocenters. The number of methoxy groups -OCH3 is 2. The molecule has 1 N–H and O–H groups in total. The van der Waals surface area contributed by atoms with E-state index in [1.807, 2.05) is 12.1 Å². The molecule has 0 radical (unpaired) electrons. The van der Waals surface area contributed by atoms with Crippen molar-refractivity contribution in [3.05, 3.63) is 40.1 Å². The monoisotopic (exact) mass is 294 g/mol. The van der Waals surface area contributed by atoms with Gasteiger partial charge in [-0.1, -0.05) is 6.07 Å². The van der Waals surface area contributed by atoms with Crippen LogP contribution >= 0.6 is 11.3 Å². The van der Waals surface area contributed by atoms with Crippen molar-refractivity contribution < 1.29 is 24.1 Å². The summed E-state index contributed by atoms with van der Waals surface area (Å²) in [5.74, 6) is 0.878. The molecule has 106 valence electrons.